The molecule has 2 atom stereocenters. The van der Waals surface area contributed by atoms with Gasteiger partial charge in [0.15, 0.2) is 0 Å². The Balaban J connectivity index is 1.97. The topological polar surface area (TPSA) is 12.0 Å². The van der Waals surface area contributed by atoms with Gasteiger partial charge < -0.3 is 5.32 Å². The second kappa shape index (κ2) is 8.20. The molecule has 102 valence electrons. The molecule has 2 heterocycles. The summed E-state index contributed by atoms with van der Waals surface area (Å²) in [5.74, 6) is 3.94. The first-order valence-corrected chi connectivity index (χ1v) is 10.3. The zero-order chi connectivity index (χ0) is 12.8. The predicted octanol–water partition coefficient (Wildman–Crippen LogP) is 4.27. The monoisotopic (exact) mass is 365 g/mol. The molecule has 0 amide bonds. The molecule has 5 heteroatoms. The largest absolute Gasteiger partial charge is 0.312 e. The molecule has 0 aliphatic carbocycles. The van der Waals surface area contributed by atoms with Gasteiger partial charge in [0.05, 0.1) is 0 Å². The van der Waals surface area contributed by atoms with Crippen molar-refractivity contribution >= 4 is 50.8 Å². The van der Waals surface area contributed by atoms with Crippen molar-refractivity contribution in [2.24, 2.45) is 0 Å². The summed E-state index contributed by atoms with van der Waals surface area (Å²) in [7, 11) is 0. The minimum absolute atomic E-state index is 0.623. The number of halogens is 1. The molecule has 0 spiro atoms. The Morgan fingerprint density at radius 2 is 2.39 bits per heavy atom. The van der Waals surface area contributed by atoms with E-state index in [0.29, 0.717) is 6.04 Å². The molecular weight excluding hydrogens is 346 g/mol. The maximum absolute atomic E-state index is 3.76. The highest BCUT2D eigenvalue weighted by Crippen LogP contribution is 2.30. The Labute approximate surface area is 131 Å². The van der Waals surface area contributed by atoms with Crippen LogP contribution in [0.2, 0.25) is 0 Å². The maximum atomic E-state index is 3.76. The zero-order valence-corrected chi connectivity index (χ0v) is 14.7. The van der Waals surface area contributed by atoms with Crippen LogP contribution in [0.3, 0.4) is 0 Å². The summed E-state index contributed by atoms with van der Waals surface area (Å²) in [6, 6.07) is 2.79. The molecule has 1 aromatic heterocycles. The second-order valence-electron chi connectivity index (χ2n) is 4.44. The molecule has 1 aromatic rings. The van der Waals surface area contributed by atoms with Crippen LogP contribution in [0.15, 0.2) is 15.9 Å². The van der Waals surface area contributed by atoms with E-state index >= 15 is 0 Å². The summed E-state index contributed by atoms with van der Waals surface area (Å²) in [4.78, 5) is 1.49. The van der Waals surface area contributed by atoms with Crippen LogP contribution in [0.4, 0.5) is 0 Å². The average Bonchev–Trinajstić information content (AvgIpc) is 2.81. The lowest BCUT2D eigenvalue weighted by atomic mass is 10.1. The van der Waals surface area contributed by atoms with Crippen LogP contribution in [0.5, 0.6) is 0 Å². The van der Waals surface area contributed by atoms with Crippen LogP contribution in [0.1, 0.15) is 18.2 Å². The van der Waals surface area contributed by atoms with E-state index in [1.807, 2.05) is 11.3 Å². The fourth-order valence-corrected chi connectivity index (χ4v) is 6.54. The third-order valence-corrected chi connectivity index (χ3v) is 7.91. The number of thioether (sulfide) groups is 2. The van der Waals surface area contributed by atoms with Gasteiger partial charge in [-0.05, 0) is 46.8 Å². The number of thiophene rings is 1. The van der Waals surface area contributed by atoms with Crippen LogP contribution in [-0.4, -0.2) is 35.1 Å². The van der Waals surface area contributed by atoms with Crippen molar-refractivity contribution in [1.82, 2.24) is 5.32 Å². The van der Waals surface area contributed by atoms with Crippen LogP contribution in [-0.2, 0) is 6.42 Å². The van der Waals surface area contributed by atoms with Crippen molar-refractivity contribution in [3.63, 3.8) is 0 Å². The van der Waals surface area contributed by atoms with Crippen molar-refractivity contribution in [2.75, 3.05) is 23.8 Å². The third kappa shape index (κ3) is 4.44. The summed E-state index contributed by atoms with van der Waals surface area (Å²) < 4.78 is 1.28. The normalized spacial score (nSPS) is 22.0. The summed E-state index contributed by atoms with van der Waals surface area (Å²) in [6.07, 6.45) is 2.38. The number of nitrogens with one attached hydrogen (secondary N) is 1. The predicted molar refractivity (Wildman–Crippen MR) is 91.4 cm³/mol. The van der Waals surface area contributed by atoms with Gasteiger partial charge in [-0.15, -0.1) is 11.3 Å². The molecule has 0 aromatic carbocycles. The molecule has 1 saturated heterocycles. The highest BCUT2D eigenvalue weighted by atomic mass is 79.9. The lowest BCUT2D eigenvalue weighted by Gasteiger charge is -2.30. The minimum Gasteiger partial charge on any atom is -0.312 e. The van der Waals surface area contributed by atoms with Gasteiger partial charge in [0.1, 0.15) is 0 Å². The Kier molecular flexibility index (Phi) is 6.94. The van der Waals surface area contributed by atoms with E-state index in [9.17, 15) is 0 Å². The Morgan fingerprint density at radius 1 is 1.50 bits per heavy atom. The highest BCUT2D eigenvalue weighted by Gasteiger charge is 2.25. The van der Waals surface area contributed by atoms with E-state index in [1.54, 1.807) is 0 Å². The van der Waals surface area contributed by atoms with Crippen LogP contribution in [0.25, 0.3) is 0 Å². The van der Waals surface area contributed by atoms with Gasteiger partial charge in [-0.1, -0.05) is 6.92 Å². The molecule has 18 heavy (non-hydrogen) atoms. The van der Waals surface area contributed by atoms with Gasteiger partial charge in [0.2, 0.25) is 0 Å². The maximum Gasteiger partial charge on any atom is 0.0314 e. The molecule has 0 bridgehead atoms. The SMILES string of the molecule is CCCNC(Cc1sccc1Br)C1CSCCS1. The fourth-order valence-electron chi connectivity index (χ4n) is 2.07. The lowest BCUT2D eigenvalue weighted by Crippen LogP contribution is -2.42. The first kappa shape index (κ1) is 15.2. The molecule has 1 fully saturated rings. The first-order valence-electron chi connectivity index (χ1n) is 6.46. The molecule has 2 rings (SSSR count). The van der Waals surface area contributed by atoms with Gasteiger partial charge in [-0.2, -0.15) is 23.5 Å². The van der Waals surface area contributed by atoms with Crippen LogP contribution < -0.4 is 5.32 Å². The number of hydrogen-bond donors (Lipinski definition) is 1. The van der Waals surface area contributed by atoms with Gasteiger partial charge in [-0.25, -0.2) is 0 Å². The third-order valence-electron chi connectivity index (χ3n) is 3.04. The summed E-state index contributed by atoms with van der Waals surface area (Å²) in [5.41, 5.74) is 0. The number of hydrogen-bond acceptors (Lipinski definition) is 4. The minimum atomic E-state index is 0.623. The second-order valence-corrected chi connectivity index (χ2v) is 8.79. The van der Waals surface area contributed by atoms with E-state index in [1.165, 1.54) is 33.0 Å². The zero-order valence-electron chi connectivity index (χ0n) is 10.7. The molecule has 1 N–H and O–H groups in total. The average molecular weight is 366 g/mol. The molecule has 2 unspecified atom stereocenters. The molecular formula is C13H20BrNS3. The van der Waals surface area contributed by atoms with E-state index in [4.69, 9.17) is 0 Å². The molecule has 1 aliphatic heterocycles. The molecule has 1 aliphatic rings. The smallest absolute Gasteiger partial charge is 0.0314 e. The van der Waals surface area contributed by atoms with Crippen LogP contribution >= 0.6 is 50.8 Å². The Morgan fingerprint density at radius 3 is 3.00 bits per heavy atom. The van der Waals surface area contributed by atoms with E-state index in [-0.39, 0.29) is 0 Å². The van der Waals surface area contributed by atoms with Crippen molar-refractivity contribution in [3.05, 3.63) is 20.8 Å². The van der Waals surface area contributed by atoms with E-state index < -0.39 is 0 Å². The van der Waals surface area contributed by atoms with Crippen molar-refractivity contribution in [3.8, 4) is 0 Å². The number of rotatable bonds is 6. The van der Waals surface area contributed by atoms with Gasteiger partial charge in [0, 0.05) is 37.9 Å². The molecule has 0 saturated carbocycles. The van der Waals surface area contributed by atoms with Crippen molar-refractivity contribution in [2.45, 2.75) is 31.1 Å². The standard InChI is InChI=1S/C13H20BrNS3/c1-2-4-15-11(13-9-16-6-7-18-13)8-12-10(14)3-5-17-12/h3,5,11,13,15H,2,4,6-9H2,1H3. The van der Waals surface area contributed by atoms with Gasteiger partial charge in [-0.3, -0.25) is 0 Å². The van der Waals surface area contributed by atoms with Gasteiger partial charge in [0.25, 0.3) is 0 Å². The summed E-state index contributed by atoms with van der Waals surface area (Å²) in [6.45, 7) is 3.38. The molecule has 0 radical (unpaired) electrons. The van der Waals surface area contributed by atoms with E-state index in [2.05, 4.69) is 63.1 Å². The van der Waals surface area contributed by atoms with Crippen LogP contribution in [0, 0.1) is 0 Å². The van der Waals surface area contributed by atoms with E-state index in [0.717, 1.165) is 18.2 Å². The van der Waals surface area contributed by atoms with Gasteiger partial charge >= 0.3 is 0 Å². The summed E-state index contributed by atoms with van der Waals surface area (Å²) >= 11 is 9.80. The first-order chi connectivity index (χ1) is 8.81. The lowest BCUT2D eigenvalue weighted by molar-refractivity contribution is 0.508. The highest BCUT2D eigenvalue weighted by molar-refractivity contribution is 9.10. The fraction of sp³-hybridized carbons (Fsp3) is 0.692. The van der Waals surface area contributed by atoms with Crippen molar-refractivity contribution < 1.29 is 0 Å². The molecule has 1 nitrogen and oxygen atoms in total. The summed E-state index contributed by atoms with van der Waals surface area (Å²) in [5, 5.41) is 6.70. The van der Waals surface area contributed by atoms with Crippen molar-refractivity contribution in [1.29, 1.82) is 0 Å². The Hall–Kier alpha value is 0.840. The quantitative estimate of drug-likeness (QED) is 0.808. The Bertz CT molecular complexity index is 350.